The molecular weight excluding hydrogens is 266 g/mol. The first-order valence-electron chi connectivity index (χ1n) is 7.54. The third-order valence-corrected chi connectivity index (χ3v) is 4.17. The number of amides is 1. The topological polar surface area (TPSA) is 46.6 Å². The summed E-state index contributed by atoms with van der Waals surface area (Å²) in [5.74, 6) is 1.36. The zero-order valence-corrected chi connectivity index (χ0v) is 13.0. The standard InChI is InChI=1S/C17H23NO3/c1-4-16(19)14-7-9-15(10-8-14)21-11-17(20)18(3)12(2)13-5-6-13/h7-10,12-13H,4-6,11H2,1-3H3. The van der Waals surface area contributed by atoms with Crippen LogP contribution in [0.5, 0.6) is 5.75 Å². The van der Waals surface area contributed by atoms with Crippen molar-refractivity contribution in [3.8, 4) is 5.75 Å². The second-order valence-electron chi connectivity index (χ2n) is 5.67. The number of carbonyl (C=O) groups is 2. The number of rotatable bonds is 7. The molecular formula is C17H23NO3. The van der Waals surface area contributed by atoms with E-state index in [9.17, 15) is 9.59 Å². The Morgan fingerprint density at radius 2 is 1.90 bits per heavy atom. The molecule has 0 aliphatic heterocycles. The van der Waals surface area contributed by atoms with Crippen LogP contribution >= 0.6 is 0 Å². The van der Waals surface area contributed by atoms with Crippen molar-refractivity contribution in [3.05, 3.63) is 29.8 Å². The number of nitrogens with zero attached hydrogens (tertiary/aromatic N) is 1. The summed E-state index contributed by atoms with van der Waals surface area (Å²) >= 11 is 0. The molecule has 0 saturated heterocycles. The van der Waals surface area contributed by atoms with Gasteiger partial charge in [-0.25, -0.2) is 0 Å². The first-order chi connectivity index (χ1) is 10.0. The summed E-state index contributed by atoms with van der Waals surface area (Å²) < 4.78 is 5.51. The van der Waals surface area contributed by atoms with Gasteiger partial charge in [-0.1, -0.05) is 6.92 Å². The molecule has 0 N–H and O–H groups in total. The molecule has 21 heavy (non-hydrogen) atoms. The minimum absolute atomic E-state index is 0.0110. The number of ether oxygens (including phenoxy) is 1. The van der Waals surface area contributed by atoms with Crippen LogP contribution in [0.4, 0.5) is 0 Å². The normalized spacial score (nSPS) is 15.4. The van der Waals surface area contributed by atoms with Gasteiger partial charge in [-0.05, 0) is 49.9 Å². The van der Waals surface area contributed by atoms with Gasteiger partial charge in [0.25, 0.3) is 5.91 Å². The van der Waals surface area contributed by atoms with Crippen LogP contribution in [0.2, 0.25) is 0 Å². The van der Waals surface area contributed by atoms with Crippen molar-refractivity contribution >= 4 is 11.7 Å². The smallest absolute Gasteiger partial charge is 0.260 e. The van der Waals surface area contributed by atoms with E-state index in [2.05, 4.69) is 6.92 Å². The van der Waals surface area contributed by atoms with Gasteiger partial charge >= 0.3 is 0 Å². The van der Waals surface area contributed by atoms with Crippen LogP contribution in [0.15, 0.2) is 24.3 Å². The molecule has 1 saturated carbocycles. The van der Waals surface area contributed by atoms with E-state index in [0.29, 0.717) is 23.7 Å². The van der Waals surface area contributed by atoms with Crippen LogP contribution in [-0.2, 0) is 4.79 Å². The van der Waals surface area contributed by atoms with Crippen molar-refractivity contribution in [3.63, 3.8) is 0 Å². The molecule has 0 heterocycles. The highest BCUT2D eigenvalue weighted by Crippen LogP contribution is 2.34. The van der Waals surface area contributed by atoms with Crippen molar-refractivity contribution in [2.24, 2.45) is 5.92 Å². The molecule has 0 radical (unpaired) electrons. The van der Waals surface area contributed by atoms with Crippen LogP contribution in [0.3, 0.4) is 0 Å². The van der Waals surface area contributed by atoms with E-state index in [1.54, 1.807) is 29.2 Å². The number of benzene rings is 1. The van der Waals surface area contributed by atoms with Crippen molar-refractivity contribution < 1.29 is 14.3 Å². The second kappa shape index (κ2) is 6.74. The summed E-state index contributed by atoms with van der Waals surface area (Å²) in [5.41, 5.74) is 0.677. The van der Waals surface area contributed by atoms with Gasteiger partial charge in [0.1, 0.15) is 5.75 Å². The van der Waals surface area contributed by atoms with Gasteiger partial charge in [-0.2, -0.15) is 0 Å². The lowest BCUT2D eigenvalue weighted by Crippen LogP contribution is -2.39. The first-order valence-corrected chi connectivity index (χ1v) is 7.54. The van der Waals surface area contributed by atoms with E-state index in [1.165, 1.54) is 12.8 Å². The van der Waals surface area contributed by atoms with Crippen LogP contribution in [0, 0.1) is 5.92 Å². The SMILES string of the molecule is CCC(=O)c1ccc(OCC(=O)N(C)C(C)C2CC2)cc1. The van der Waals surface area contributed by atoms with Gasteiger partial charge < -0.3 is 9.64 Å². The fraction of sp³-hybridized carbons (Fsp3) is 0.529. The third kappa shape index (κ3) is 4.06. The molecule has 114 valence electrons. The van der Waals surface area contributed by atoms with Crippen molar-refractivity contribution in [2.45, 2.75) is 39.2 Å². The zero-order valence-electron chi connectivity index (χ0n) is 13.0. The Bertz CT molecular complexity index is 505. The molecule has 0 aromatic heterocycles. The quantitative estimate of drug-likeness (QED) is 0.725. The summed E-state index contributed by atoms with van der Waals surface area (Å²) in [7, 11) is 1.83. The fourth-order valence-corrected chi connectivity index (χ4v) is 2.31. The molecule has 4 heteroatoms. The molecule has 1 fully saturated rings. The van der Waals surface area contributed by atoms with E-state index in [0.717, 1.165) is 0 Å². The molecule has 0 bridgehead atoms. The van der Waals surface area contributed by atoms with E-state index < -0.39 is 0 Å². The van der Waals surface area contributed by atoms with Gasteiger partial charge in [0, 0.05) is 25.1 Å². The summed E-state index contributed by atoms with van der Waals surface area (Å²) in [6, 6.07) is 7.23. The molecule has 0 spiro atoms. The Morgan fingerprint density at radius 3 is 2.43 bits per heavy atom. The fourth-order valence-electron chi connectivity index (χ4n) is 2.31. The Hall–Kier alpha value is -1.84. The highest BCUT2D eigenvalue weighted by Gasteiger charge is 2.32. The Balaban J connectivity index is 1.84. The number of Topliss-reactive ketones (excluding diaryl/α,β-unsaturated/α-hetero) is 1. The molecule has 1 aromatic rings. The average molecular weight is 289 g/mol. The monoisotopic (exact) mass is 289 g/mol. The van der Waals surface area contributed by atoms with Gasteiger partial charge in [-0.3, -0.25) is 9.59 Å². The van der Waals surface area contributed by atoms with Crippen LogP contribution in [0.1, 0.15) is 43.5 Å². The average Bonchev–Trinajstić information content (AvgIpc) is 3.35. The lowest BCUT2D eigenvalue weighted by Gasteiger charge is -2.24. The molecule has 1 aliphatic rings. The van der Waals surface area contributed by atoms with Gasteiger partial charge in [0.15, 0.2) is 12.4 Å². The molecule has 1 aliphatic carbocycles. The van der Waals surface area contributed by atoms with E-state index in [-0.39, 0.29) is 24.3 Å². The van der Waals surface area contributed by atoms with E-state index >= 15 is 0 Å². The van der Waals surface area contributed by atoms with Crippen LogP contribution in [0.25, 0.3) is 0 Å². The first kappa shape index (κ1) is 15.5. The van der Waals surface area contributed by atoms with Crippen molar-refractivity contribution in [1.29, 1.82) is 0 Å². The maximum absolute atomic E-state index is 12.1. The predicted octanol–water partition coefficient (Wildman–Crippen LogP) is 2.92. The van der Waals surface area contributed by atoms with E-state index in [4.69, 9.17) is 4.74 Å². The Kier molecular flexibility index (Phi) is 4.99. The van der Waals surface area contributed by atoms with Gasteiger partial charge in [-0.15, -0.1) is 0 Å². The lowest BCUT2D eigenvalue weighted by molar-refractivity contribution is -0.134. The maximum atomic E-state index is 12.1. The molecule has 1 atom stereocenters. The number of ketones is 1. The van der Waals surface area contributed by atoms with Crippen LogP contribution < -0.4 is 4.74 Å². The molecule has 2 rings (SSSR count). The number of likely N-dealkylation sites (N-methyl/N-ethyl adjacent to an activating group) is 1. The highest BCUT2D eigenvalue weighted by molar-refractivity contribution is 5.95. The van der Waals surface area contributed by atoms with Gasteiger partial charge in [0.2, 0.25) is 0 Å². The third-order valence-electron chi connectivity index (χ3n) is 4.17. The van der Waals surface area contributed by atoms with Crippen LogP contribution in [-0.4, -0.2) is 36.3 Å². The number of carbonyl (C=O) groups excluding carboxylic acids is 2. The Labute approximate surface area is 126 Å². The highest BCUT2D eigenvalue weighted by atomic mass is 16.5. The zero-order chi connectivity index (χ0) is 15.4. The van der Waals surface area contributed by atoms with Crippen molar-refractivity contribution in [1.82, 2.24) is 4.90 Å². The summed E-state index contributed by atoms with van der Waals surface area (Å²) in [4.78, 5) is 25.4. The maximum Gasteiger partial charge on any atom is 0.260 e. The summed E-state index contributed by atoms with van der Waals surface area (Å²) in [6.45, 7) is 3.96. The number of hydrogen-bond acceptors (Lipinski definition) is 3. The summed E-state index contributed by atoms with van der Waals surface area (Å²) in [5, 5.41) is 0. The second-order valence-corrected chi connectivity index (χ2v) is 5.67. The molecule has 1 amide bonds. The number of hydrogen-bond donors (Lipinski definition) is 0. The van der Waals surface area contributed by atoms with Gasteiger partial charge in [0.05, 0.1) is 0 Å². The summed E-state index contributed by atoms with van der Waals surface area (Å²) in [6.07, 6.45) is 2.92. The predicted molar refractivity (Wildman–Crippen MR) is 81.5 cm³/mol. The molecule has 1 unspecified atom stereocenters. The minimum Gasteiger partial charge on any atom is -0.484 e. The Morgan fingerprint density at radius 1 is 1.29 bits per heavy atom. The lowest BCUT2D eigenvalue weighted by atomic mass is 10.1. The molecule has 4 nitrogen and oxygen atoms in total. The minimum atomic E-state index is -0.0110. The largest absolute Gasteiger partial charge is 0.484 e. The van der Waals surface area contributed by atoms with E-state index in [1.807, 2.05) is 14.0 Å². The molecule has 1 aromatic carbocycles. The van der Waals surface area contributed by atoms with Crippen molar-refractivity contribution in [2.75, 3.05) is 13.7 Å².